The Morgan fingerprint density at radius 3 is 2.39 bits per heavy atom. The quantitative estimate of drug-likeness (QED) is 0.753. The Morgan fingerprint density at radius 2 is 1.94 bits per heavy atom. The van der Waals surface area contributed by atoms with E-state index in [1.54, 1.807) is 0 Å². The molecule has 1 saturated carbocycles. The summed E-state index contributed by atoms with van der Waals surface area (Å²) in [5.74, 6) is 0.948. The van der Waals surface area contributed by atoms with E-state index in [0.29, 0.717) is 12.5 Å². The molecule has 0 bridgehead atoms. The maximum atomic E-state index is 11.9. The topological polar surface area (TPSA) is 55.6 Å². The summed E-state index contributed by atoms with van der Waals surface area (Å²) < 4.78 is 4.91. The van der Waals surface area contributed by atoms with Gasteiger partial charge in [-0.2, -0.15) is 0 Å². The average Bonchev–Trinajstić information content (AvgIpc) is 3.23. The third-order valence-electron chi connectivity index (χ3n) is 4.64. The molecule has 104 valence electrons. The number of nitrogens with zero attached hydrogens (tertiary/aromatic N) is 1. The Bertz CT molecular complexity index is 296. The van der Waals surface area contributed by atoms with Crippen molar-refractivity contribution in [2.45, 2.75) is 44.6 Å². The van der Waals surface area contributed by atoms with Gasteiger partial charge in [-0.25, -0.2) is 0 Å². The van der Waals surface area contributed by atoms with Gasteiger partial charge >= 0.3 is 5.97 Å². The van der Waals surface area contributed by atoms with Crippen molar-refractivity contribution in [1.29, 1.82) is 0 Å². The zero-order valence-electron chi connectivity index (χ0n) is 11.7. The number of esters is 1. The lowest BCUT2D eigenvalue weighted by atomic mass is 9.90. The molecule has 2 fully saturated rings. The molecule has 0 spiro atoms. The van der Waals surface area contributed by atoms with E-state index in [9.17, 15) is 4.79 Å². The van der Waals surface area contributed by atoms with Crippen LogP contribution in [0, 0.1) is 11.8 Å². The van der Waals surface area contributed by atoms with Crippen LogP contribution in [0.5, 0.6) is 0 Å². The number of hydrogen-bond acceptors (Lipinski definition) is 4. The molecule has 0 aromatic carbocycles. The first-order chi connectivity index (χ1) is 8.60. The maximum absolute atomic E-state index is 11.9. The number of methoxy groups -OCH3 is 1. The van der Waals surface area contributed by atoms with Crippen molar-refractivity contribution < 1.29 is 9.53 Å². The van der Waals surface area contributed by atoms with Gasteiger partial charge in [-0.1, -0.05) is 13.3 Å². The summed E-state index contributed by atoms with van der Waals surface area (Å²) in [4.78, 5) is 14.3. The first-order valence-electron chi connectivity index (χ1n) is 7.19. The molecule has 4 nitrogen and oxygen atoms in total. The van der Waals surface area contributed by atoms with Gasteiger partial charge < -0.3 is 15.4 Å². The van der Waals surface area contributed by atoms with E-state index in [1.165, 1.54) is 26.4 Å². The lowest BCUT2D eigenvalue weighted by Gasteiger charge is -2.37. The fourth-order valence-electron chi connectivity index (χ4n) is 3.07. The van der Waals surface area contributed by atoms with Crippen LogP contribution in [-0.2, 0) is 9.53 Å². The summed E-state index contributed by atoms with van der Waals surface area (Å²) in [6.45, 7) is 5.06. The Morgan fingerprint density at radius 1 is 1.33 bits per heavy atom. The molecule has 4 heteroatoms. The van der Waals surface area contributed by atoms with Crippen LogP contribution in [-0.4, -0.2) is 43.2 Å². The molecule has 1 heterocycles. The molecule has 2 N–H and O–H groups in total. The molecule has 1 aliphatic heterocycles. The van der Waals surface area contributed by atoms with Gasteiger partial charge in [0, 0.05) is 6.54 Å². The highest BCUT2D eigenvalue weighted by atomic mass is 16.5. The van der Waals surface area contributed by atoms with Gasteiger partial charge in [-0.3, -0.25) is 4.79 Å². The van der Waals surface area contributed by atoms with Crippen LogP contribution in [0.1, 0.15) is 39.0 Å². The van der Waals surface area contributed by atoms with Gasteiger partial charge in [0.1, 0.15) is 5.54 Å². The van der Waals surface area contributed by atoms with E-state index in [0.717, 1.165) is 31.8 Å². The number of piperidine rings is 1. The summed E-state index contributed by atoms with van der Waals surface area (Å²) in [5.41, 5.74) is 5.57. The van der Waals surface area contributed by atoms with E-state index in [-0.39, 0.29) is 5.97 Å². The normalized spacial score (nSPS) is 25.7. The molecule has 1 aliphatic carbocycles. The van der Waals surface area contributed by atoms with Crippen LogP contribution in [0.3, 0.4) is 0 Å². The molecular formula is C14H26N2O2. The van der Waals surface area contributed by atoms with Crippen molar-refractivity contribution in [3.63, 3.8) is 0 Å². The smallest absolute Gasteiger partial charge is 0.327 e. The monoisotopic (exact) mass is 254 g/mol. The van der Waals surface area contributed by atoms with E-state index in [4.69, 9.17) is 10.5 Å². The molecule has 1 unspecified atom stereocenters. The Hall–Kier alpha value is -0.610. The van der Waals surface area contributed by atoms with Crippen molar-refractivity contribution in [3.05, 3.63) is 0 Å². The van der Waals surface area contributed by atoms with Crippen LogP contribution in [0.15, 0.2) is 0 Å². The fourth-order valence-corrected chi connectivity index (χ4v) is 3.07. The minimum Gasteiger partial charge on any atom is -0.468 e. The summed E-state index contributed by atoms with van der Waals surface area (Å²) >= 11 is 0. The first kappa shape index (κ1) is 13.8. The first-order valence-corrected chi connectivity index (χ1v) is 7.19. The molecule has 0 aromatic rings. The Labute approximate surface area is 110 Å². The SMILES string of the molecule is CCC1CCN(CC(N)(C(=O)OC)C2CC2)CC1. The third kappa shape index (κ3) is 2.86. The molecular weight excluding hydrogens is 228 g/mol. The highest BCUT2D eigenvalue weighted by Crippen LogP contribution is 2.39. The van der Waals surface area contributed by atoms with E-state index < -0.39 is 5.54 Å². The molecule has 1 atom stereocenters. The lowest BCUT2D eigenvalue weighted by molar-refractivity contribution is -0.149. The van der Waals surface area contributed by atoms with Crippen LogP contribution in [0.4, 0.5) is 0 Å². The van der Waals surface area contributed by atoms with Gasteiger partial charge in [-0.05, 0) is 50.6 Å². The van der Waals surface area contributed by atoms with Crippen LogP contribution in [0.25, 0.3) is 0 Å². The lowest BCUT2D eigenvalue weighted by Crippen LogP contribution is -2.59. The highest BCUT2D eigenvalue weighted by molar-refractivity contribution is 5.81. The second kappa shape index (κ2) is 5.57. The molecule has 0 radical (unpaired) electrons. The minimum atomic E-state index is -0.770. The summed E-state index contributed by atoms with van der Waals surface area (Å²) in [5, 5.41) is 0. The summed E-state index contributed by atoms with van der Waals surface area (Å²) in [6, 6.07) is 0. The zero-order chi connectivity index (χ0) is 13.2. The summed E-state index contributed by atoms with van der Waals surface area (Å²) in [7, 11) is 1.44. The predicted molar refractivity (Wildman–Crippen MR) is 71.1 cm³/mol. The average molecular weight is 254 g/mol. The minimum absolute atomic E-state index is 0.234. The molecule has 0 aromatic heterocycles. The Kier molecular flexibility index (Phi) is 4.28. The number of rotatable bonds is 5. The highest BCUT2D eigenvalue weighted by Gasteiger charge is 2.49. The van der Waals surface area contributed by atoms with Gasteiger partial charge in [0.05, 0.1) is 7.11 Å². The number of nitrogens with two attached hydrogens (primary N) is 1. The van der Waals surface area contributed by atoms with Crippen molar-refractivity contribution >= 4 is 5.97 Å². The zero-order valence-corrected chi connectivity index (χ0v) is 11.7. The molecule has 2 aliphatic rings. The van der Waals surface area contributed by atoms with E-state index in [2.05, 4.69) is 11.8 Å². The molecule has 1 saturated heterocycles. The fraction of sp³-hybridized carbons (Fsp3) is 0.929. The van der Waals surface area contributed by atoms with E-state index in [1.807, 2.05) is 0 Å². The Balaban J connectivity index is 1.92. The van der Waals surface area contributed by atoms with Crippen LogP contribution in [0.2, 0.25) is 0 Å². The standard InChI is InChI=1S/C14H26N2O2/c1-3-11-6-8-16(9-7-11)10-14(15,12-4-5-12)13(17)18-2/h11-12H,3-10,15H2,1-2H3. The van der Waals surface area contributed by atoms with Crippen molar-refractivity contribution in [3.8, 4) is 0 Å². The van der Waals surface area contributed by atoms with Crippen molar-refractivity contribution in [2.24, 2.45) is 17.6 Å². The number of hydrogen-bond donors (Lipinski definition) is 1. The number of ether oxygens (including phenoxy) is 1. The van der Waals surface area contributed by atoms with Crippen molar-refractivity contribution in [1.82, 2.24) is 4.90 Å². The van der Waals surface area contributed by atoms with Gasteiger partial charge in [0.25, 0.3) is 0 Å². The number of carbonyl (C=O) groups is 1. The molecule has 18 heavy (non-hydrogen) atoms. The van der Waals surface area contributed by atoms with E-state index >= 15 is 0 Å². The largest absolute Gasteiger partial charge is 0.468 e. The third-order valence-corrected chi connectivity index (χ3v) is 4.64. The maximum Gasteiger partial charge on any atom is 0.327 e. The second-order valence-electron chi connectivity index (χ2n) is 5.93. The summed E-state index contributed by atoms with van der Waals surface area (Å²) in [6.07, 6.45) is 5.87. The number of likely N-dealkylation sites (tertiary alicyclic amines) is 1. The van der Waals surface area contributed by atoms with Crippen LogP contribution < -0.4 is 5.73 Å². The van der Waals surface area contributed by atoms with Gasteiger partial charge in [0.15, 0.2) is 0 Å². The molecule has 2 rings (SSSR count). The van der Waals surface area contributed by atoms with Crippen LogP contribution >= 0.6 is 0 Å². The van der Waals surface area contributed by atoms with Crippen molar-refractivity contribution in [2.75, 3.05) is 26.7 Å². The van der Waals surface area contributed by atoms with Gasteiger partial charge in [-0.15, -0.1) is 0 Å². The molecule has 0 amide bonds. The predicted octanol–water partition coefficient (Wildman–Crippen LogP) is 1.39. The van der Waals surface area contributed by atoms with Gasteiger partial charge in [0.2, 0.25) is 0 Å². The number of carbonyl (C=O) groups excluding carboxylic acids is 1. The second-order valence-corrected chi connectivity index (χ2v) is 5.93.